The molecular formula is C21H19Cl2NS. The maximum Gasteiger partial charge on any atom is 0.0921 e. The second-order valence-corrected chi connectivity index (χ2v) is 7.97. The molecule has 25 heavy (non-hydrogen) atoms. The Labute approximate surface area is 163 Å². The lowest BCUT2D eigenvalue weighted by Crippen LogP contribution is -2.26. The molecule has 3 rings (SSSR count). The molecular weight excluding hydrogens is 369 g/mol. The Morgan fingerprint density at radius 2 is 1.40 bits per heavy atom. The highest BCUT2D eigenvalue weighted by molar-refractivity contribution is 8.00. The highest BCUT2D eigenvalue weighted by atomic mass is 35.5. The predicted octanol–water partition coefficient (Wildman–Crippen LogP) is 6.82. The largest absolute Gasteiger partial charge is 0.264 e. The molecule has 0 atom stereocenters. The third kappa shape index (κ3) is 3.87. The molecule has 4 heteroatoms. The average molecular weight is 388 g/mol. The van der Waals surface area contributed by atoms with Crippen LogP contribution in [0.4, 0.5) is 0 Å². The number of benzene rings is 2. The van der Waals surface area contributed by atoms with Crippen LogP contribution in [-0.4, -0.2) is 10.7 Å². The van der Waals surface area contributed by atoms with E-state index in [9.17, 15) is 0 Å². The quantitative estimate of drug-likeness (QED) is 0.459. The first-order valence-corrected chi connectivity index (χ1v) is 9.97. The van der Waals surface area contributed by atoms with Gasteiger partial charge in [-0.25, -0.2) is 0 Å². The van der Waals surface area contributed by atoms with Crippen molar-refractivity contribution in [2.24, 2.45) is 0 Å². The van der Waals surface area contributed by atoms with Crippen molar-refractivity contribution in [3.63, 3.8) is 0 Å². The van der Waals surface area contributed by atoms with Gasteiger partial charge in [-0.15, -0.1) is 11.8 Å². The van der Waals surface area contributed by atoms with E-state index in [0.29, 0.717) is 0 Å². The molecule has 0 radical (unpaired) electrons. The summed E-state index contributed by atoms with van der Waals surface area (Å²) in [6, 6.07) is 20.3. The zero-order valence-electron chi connectivity index (χ0n) is 14.0. The fourth-order valence-corrected chi connectivity index (χ4v) is 4.60. The van der Waals surface area contributed by atoms with Crippen molar-refractivity contribution in [3.8, 4) is 0 Å². The van der Waals surface area contributed by atoms with Crippen LogP contribution in [0.3, 0.4) is 0 Å². The van der Waals surface area contributed by atoms with Crippen LogP contribution in [-0.2, 0) is 4.75 Å². The van der Waals surface area contributed by atoms with Crippen LogP contribution in [0.2, 0.25) is 10.0 Å². The summed E-state index contributed by atoms with van der Waals surface area (Å²) in [5, 5.41) is 1.47. The van der Waals surface area contributed by atoms with E-state index >= 15 is 0 Å². The van der Waals surface area contributed by atoms with Gasteiger partial charge in [0.15, 0.2) is 0 Å². The van der Waals surface area contributed by atoms with E-state index in [-0.39, 0.29) is 4.75 Å². The number of thioether (sulfide) groups is 1. The molecule has 128 valence electrons. The van der Waals surface area contributed by atoms with Crippen LogP contribution in [0, 0.1) is 0 Å². The van der Waals surface area contributed by atoms with Gasteiger partial charge in [0.1, 0.15) is 0 Å². The van der Waals surface area contributed by atoms with Crippen LogP contribution in [0.1, 0.15) is 30.0 Å². The fourth-order valence-electron chi connectivity index (χ4n) is 2.95. The minimum atomic E-state index is -0.348. The standard InChI is InChI=1S/C21H19Cl2NS/c1-2-14-25-21(18-4-3-13-24-15-18,16-5-9-19(22)10-6-16)17-7-11-20(23)12-8-17/h3-13,15H,2,14H2,1H3. The lowest BCUT2D eigenvalue weighted by molar-refractivity contribution is 0.880. The maximum atomic E-state index is 6.14. The van der Waals surface area contributed by atoms with Gasteiger partial charge >= 0.3 is 0 Å². The van der Waals surface area contributed by atoms with Crippen molar-refractivity contribution < 1.29 is 0 Å². The molecule has 0 fully saturated rings. The Bertz CT molecular complexity index is 756. The number of rotatable bonds is 6. The first-order chi connectivity index (χ1) is 12.2. The normalized spacial score (nSPS) is 11.5. The number of halogens is 2. The molecule has 1 aromatic heterocycles. The van der Waals surface area contributed by atoms with Crippen molar-refractivity contribution in [2.75, 3.05) is 5.75 Å². The highest BCUT2D eigenvalue weighted by Gasteiger charge is 2.37. The van der Waals surface area contributed by atoms with E-state index in [1.165, 1.54) is 11.1 Å². The summed E-state index contributed by atoms with van der Waals surface area (Å²) < 4.78 is -0.348. The van der Waals surface area contributed by atoms with Gasteiger partial charge in [0, 0.05) is 22.4 Å². The lowest BCUT2D eigenvalue weighted by atomic mass is 9.85. The molecule has 0 spiro atoms. The fraction of sp³-hybridized carbons (Fsp3) is 0.190. The maximum absolute atomic E-state index is 6.14. The highest BCUT2D eigenvalue weighted by Crippen LogP contribution is 2.48. The number of pyridine rings is 1. The zero-order chi connectivity index (χ0) is 17.7. The third-order valence-electron chi connectivity index (χ3n) is 4.09. The van der Waals surface area contributed by atoms with Crippen molar-refractivity contribution in [2.45, 2.75) is 18.1 Å². The molecule has 0 unspecified atom stereocenters. The summed E-state index contributed by atoms with van der Waals surface area (Å²) in [6.07, 6.45) is 4.85. The number of nitrogens with zero attached hydrogens (tertiary/aromatic N) is 1. The smallest absolute Gasteiger partial charge is 0.0921 e. The van der Waals surface area contributed by atoms with Gasteiger partial charge in [0.2, 0.25) is 0 Å². The molecule has 0 aliphatic carbocycles. The Morgan fingerprint density at radius 3 is 1.84 bits per heavy atom. The summed E-state index contributed by atoms with van der Waals surface area (Å²) in [4.78, 5) is 4.38. The van der Waals surface area contributed by atoms with Crippen LogP contribution in [0.15, 0.2) is 73.1 Å². The van der Waals surface area contributed by atoms with Crippen LogP contribution in [0.5, 0.6) is 0 Å². The van der Waals surface area contributed by atoms with Crippen LogP contribution < -0.4 is 0 Å². The first kappa shape index (κ1) is 18.3. The molecule has 0 N–H and O–H groups in total. The average Bonchev–Trinajstić information content (AvgIpc) is 2.65. The predicted molar refractivity (Wildman–Crippen MR) is 110 cm³/mol. The molecule has 1 nitrogen and oxygen atoms in total. The number of hydrogen-bond donors (Lipinski definition) is 0. The first-order valence-electron chi connectivity index (χ1n) is 8.23. The second-order valence-electron chi connectivity index (χ2n) is 5.79. The van der Waals surface area contributed by atoms with Crippen LogP contribution in [0.25, 0.3) is 0 Å². The Morgan fingerprint density at radius 1 is 0.840 bits per heavy atom. The van der Waals surface area contributed by atoms with Gasteiger partial charge in [-0.2, -0.15) is 0 Å². The van der Waals surface area contributed by atoms with Gasteiger partial charge in [0.25, 0.3) is 0 Å². The second kappa shape index (κ2) is 8.27. The Hall–Kier alpha value is -1.48. The topological polar surface area (TPSA) is 12.9 Å². The molecule has 3 aromatic rings. The van der Waals surface area contributed by atoms with Crippen LogP contribution >= 0.6 is 35.0 Å². The van der Waals surface area contributed by atoms with Crippen molar-refractivity contribution in [1.29, 1.82) is 0 Å². The van der Waals surface area contributed by atoms with E-state index in [4.69, 9.17) is 23.2 Å². The van der Waals surface area contributed by atoms with Crippen molar-refractivity contribution in [1.82, 2.24) is 4.98 Å². The molecule has 0 aliphatic rings. The molecule has 0 saturated carbocycles. The third-order valence-corrected chi connectivity index (χ3v) is 6.35. The van der Waals surface area contributed by atoms with E-state index in [1.807, 2.05) is 54.5 Å². The number of hydrogen-bond acceptors (Lipinski definition) is 2. The molecule has 0 amide bonds. The SMILES string of the molecule is CCCSC(c1ccc(Cl)cc1)(c1ccc(Cl)cc1)c1cccnc1. The van der Waals surface area contributed by atoms with Gasteiger partial charge < -0.3 is 0 Å². The van der Waals surface area contributed by atoms with Gasteiger partial charge in [-0.05, 0) is 59.2 Å². The molecule has 0 bridgehead atoms. The monoisotopic (exact) mass is 387 g/mol. The molecule has 1 heterocycles. The van der Waals surface area contributed by atoms with Crippen molar-refractivity contribution in [3.05, 3.63) is 99.8 Å². The minimum Gasteiger partial charge on any atom is -0.264 e. The Kier molecular flexibility index (Phi) is 6.06. The van der Waals surface area contributed by atoms with Crippen molar-refractivity contribution >= 4 is 35.0 Å². The van der Waals surface area contributed by atoms with E-state index in [0.717, 1.165) is 27.8 Å². The van der Waals surface area contributed by atoms with Gasteiger partial charge in [-0.1, -0.05) is 60.5 Å². The minimum absolute atomic E-state index is 0.348. The van der Waals surface area contributed by atoms with E-state index in [1.54, 1.807) is 0 Å². The number of aromatic nitrogens is 1. The van der Waals surface area contributed by atoms with Gasteiger partial charge in [0.05, 0.1) is 4.75 Å². The molecule has 0 saturated heterocycles. The molecule has 0 aliphatic heterocycles. The van der Waals surface area contributed by atoms with E-state index in [2.05, 4.69) is 42.2 Å². The lowest BCUT2D eigenvalue weighted by Gasteiger charge is -2.35. The summed E-state index contributed by atoms with van der Waals surface area (Å²) in [5.74, 6) is 1.03. The summed E-state index contributed by atoms with van der Waals surface area (Å²) in [5.41, 5.74) is 3.52. The zero-order valence-corrected chi connectivity index (χ0v) is 16.3. The summed E-state index contributed by atoms with van der Waals surface area (Å²) >= 11 is 14.2. The Balaban J connectivity index is 2.26. The summed E-state index contributed by atoms with van der Waals surface area (Å²) in [7, 11) is 0. The summed E-state index contributed by atoms with van der Waals surface area (Å²) in [6.45, 7) is 2.20. The van der Waals surface area contributed by atoms with E-state index < -0.39 is 0 Å². The molecule has 2 aromatic carbocycles. The van der Waals surface area contributed by atoms with Gasteiger partial charge in [-0.3, -0.25) is 4.98 Å².